The van der Waals surface area contributed by atoms with Crippen LogP contribution >= 0.6 is 0 Å². The summed E-state index contributed by atoms with van der Waals surface area (Å²) in [5.41, 5.74) is 1.98. The topological polar surface area (TPSA) is 135 Å². The number of Topliss-reactive ketones (excluding diaryl/α,β-unsaturated/α-hetero) is 1. The van der Waals surface area contributed by atoms with E-state index in [2.05, 4.69) is 10.0 Å². The van der Waals surface area contributed by atoms with Crippen molar-refractivity contribution in [1.82, 2.24) is 10.0 Å². The van der Waals surface area contributed by atoms with E-state index >= 15 is 0 Å². The number of rotatable bonds is 9. The number of ketones is 1. The Labute approximate surface area is 197 Å². The van der Waals surface area contributed by atoms with Crippen molar-refractivity contribution in [1.29, 1.82) is 0 Å². The summed E-state index contributed by atoms with van der Waals surface area (Å²) in [6.07, 6.45) is 0. The molecule has 0 saturated heterocycles. The number of amides is 1. The van der Waals surface area contributed by atoms with E-state index in [-0.39, 0.29) is 28.8 Å². The minimum Gasteiger partial charge on any atom is -0.346 e. The third-order valence-electron chi connectivity index (χ3n) is 5.18. The number of benzene rings is 3. The molecule has 10 heteroatoms. The Morgan fingerprint density at radius 2 is 1.59 bits per heavy atom. The lowest BCUT2D eigenvalue weighted by molar-refractivity contribution is -0.384. The number of carbonyl (C=O) groups excluding carboxylic acids is 2. The number of nitrogens with one attached hydrogen (secondary N) is 2. The Morgan fingerprint density at radius 1 is 0.971 bits per heavy atom. The highest BCUT2D eigenvalue weighted by molar-refractivity contribution is 7.89. The SMILES string of the molecule is CC(=O)c1ccc(S(=O)(=O)NCc2ccc(C(=O)NC(C)c3cccc([N+](=O)[O-])c3)cc2)cc1. The lowest BCUT2D eigenvalue weighted by Crippen LogP contribution is -2.27. The van der Waals surface area contributed by atoms with Gasteiger partial charge in [0.15, 0.2) is 5.78 Å². The van der Waals surface area contributed by atoms with Crippen molar-refractivity contribution in [3.05, 3.63) is 105 Å². The molecule has 0 aliphatic rings. The molecule has 2 N–H and O–H groups in total. The summed E-state index contributed by atoms with van der Waals surface area (Å²) < 4.78 is 27.5. The fourth-order valence-electron chi connectivity index (χ4n) is 3.18. The largest absolute Gasteiger partial charge is 0.346 e. The molecule has 176 valence electrons. The number of non-ortho nitro benzene ring substituents is 1. The molecule has 0 aliphatic carbocycles. The van der Waals surface area contributed by atoms with Crippen LogP contribution in [0.5, 0.6) is 0 Å². The van der Waals surface area contributed by atoms with Crippen LogP contribution in [0.25, 0.3) is 0 Å². The third-order valence-corrected chi connectivity index (χ3v) is 6.60. The third kappa shape index (κ3) is 6.12. The first-order valence-corrected chi connectivity index (χ1v) is 11.8. The van der Waals surface area contributed by atoms with Gasteiger partial charge >= 0.3 is 0 Å². The Balaban J connectivity index is 1.61. The molecule has 0 heterocycles. The van der Waals surface area contributed by atoms with Crippen molar-refractivity contribution in [2.24, 2.45) is 0 Å². The Hall–Kier alpha value is -3.89. The molecule has 1 amide bonds. The van der Waals surface area contributed by atoms with Crippen LogP contribution in [0.4, 0.5) is 5.69 Å². The molecule has 0 radical (unpaired) electrons. The van der Waals surface area contributed by atoms with E-state index in [1.807, 2.05) is 0 Å². The highest BCUT2D eigenvalue weighted by Crippen LogP contribution is 2.19. The monoisotopic (exact) mass is 481 g/mol. The van der Waals surface area contributed by atoms with Gasteiger partial charge < -0.3 is 5.32 Å². The predicted octanol–water partition coefficient (Wildman–Crippen LogP) is 3.77. The quantitative estimate of drug-likeness (QED) is 0.271. The molecule has 3 aromatic rings. The predicted molar refractivity (Wildman–Crippen MR) is 126 cm³/mol. The Bertz CT molecular complexity index is 1320. The lowest BCUT2D eigenvalue weighted by atomic mass is 10.1. The maximum Gasteiger partial charge on any atom is 0.269 e. The molecule has 0 saturated carbocycles. The maximum absolute atomic E-state index is 12.6. The maximum atomic E-state index is 12.6. The first-order valence-electron chi connectivity index (χ1n) is 10.3. The van der Waals surface area contributed by atoms with Gasteiger partial charge in [0, 0.05) is 29.8 Å². The minimum absolute atomic E-state index is 0.0166. The van der Waals surface area contributed by atoms with Crippen molar-refractivity contribution in [3.63, 3.8) is 0 Å². The second-order valence-electron chi connectivity index (χ2n) is 7.65. The number of nitro groups is 1. The van der Waals surface area contributed by atoms with Gasteiger partial charge in [0.05, 0.1) is 15.9 Å². The number of nitrogens with zero attached hydrogens (tertiary/aromatic N) is 1. The standard InChI is InChI=1S/C24H23N3O6S/c1-16(21-4-3-5-22(14-21)27(30)31)26-24(29)20-8-6-18(7-9-20)15-25-34(32,33)23-12-10-19(11-13-23)17(2)28/h3-14,16,25H,15H2,1-2H3,(H,26,29). The van der Waals surface area contributed by atoms with Crippen LogP contribution < -0.4 is 10.0 Å². The minimum atomic E-state index is -3.77. The first-order chi connectivity index (χ1) is 16.1. The molecule has 34 heavy (non-hydrogen) atoms. The summed E-state index contributed by atoms with van der Waals surface area (Å²) in [5.74, 6) is -0.516. The van der Waals surface area contributed by atoms with Gasteiger partial charge in [-0.15, -0.1) is 0 Å². The van der Waals surface area contributed by atoms with Crippen molar-refractivity contribution in [2.75, 3.05) is 0 Å². The molecule has 0 spiro atoms. The number of carbonyl (C=O) groups is 2. The highest BCUT2D eigenvalue weighted by Gasteiger charge is 2.16. The van der Waals surface area contributed by atoms with Crippen LogP contribution in [0.1, 0.15) is 51.7 Å². The van der Waals surface area contributed by atoms with Crippen LogP contribution in [0.15, 0.2) is 77.7 Å². The second kappa shape index (κ2) is 10.4. The average Bonchev–Trinajstić information content (AvgIpc) is 2.83. The number of sulfonamides is 1. The van der Waals surface area contributed by atoms with Gasteiger partial charge in [0.2, 0.25) is 10.0 Å². The zero-order valence-corrected chi connectivity index (χ0v) is 19.3. The summed E-state index contributed by atoms with van der Waals surface area (Å²) in [4.78, 5) is 34.4. The van der Waals surface area contributed by atoms with E-state index in [9.17, 15) is 28.1 Å². The normalized spacial score (nSPS) is 12.1. The van der Waals surface area contributed by atoms with E-state index in [1.54, 1.807) is 43.3 Å². The van der Waals surface area contributed by atoms with Gasteiger partial charge in [-0.3, -0.25) is 19.7 Å². The molecule has 3 rings (SSSR count). The molecule has 0 aromatic heterocycles. The van der Waals surface area contributed by atoms with Crippen LogP contribution in [0.3, 0.4) is 0 Å². The van der Waals surface area contributed by atoms with E-state index in [1.165, 1.54) is 43.3 Å². The van der Waals surface area contributed by atoms with Crippen molar-refractivity contribution in [3.8, 4) is 0 Å². The van der Waals surface area contributed by atoms with Gasteiger partial charge in [-0.1, -0.05) is 36.4 Å². The molecule has 9 nitrogen and oxygen atoms in total. The Kier molecular flexibility index (Phi) is 7.54. The lowest BCUT2D eigenvalue weighted by Gasteiger charge is -2.14. The zero-order chi connectivity index (χ0) is 24.9. The second-order valence-corrected chi connectivity index (χ2v) is 9.42. The van der Waals surface area contributed by atoms with E-state index in [0.717, 1.165) is 0 Å². The van der Waals surface area contributed by atoms with Gasteiger partial charge in [-0.2, -0.15) is 0 Å². The fraction of sp³-hybridized carbons (Fsp3) is 0.167. The van der Waals surface area contributed by atoms with Gasteiger partial charge in [-0.05, 0) is 49.2 Å². The van der Waals surface area contributed by atoms with Gasteiger partial charge in [0.25, 0.3) is 11.6 Å². The highest BCUT2D eigenvalue weighted by atomic mass is 32.2. The summed E-state index contributed by atoms with van der Waals surface area (Å²) in [6, 6.07) is 17.7. The van der Waals surface area contributed by atoms with Crippen molar-refractivity contribution < 1.29 is 22.9 Å². The summed E-state index contributed by atoms with van der Waals surface area (Å²) in [7, 11) is -3.77. The summed E-state index contributed by atoms with van der Waals surface area (Å²) in [6.45, 7) is 3.14. The van der Waals surface area contributed by atoms with Crippen LogP contribution in [0, 0.1) is 10.1 Å². The molecule has 0 aliphatic heterocycles. The van der Waals surface area contributed by atoms with Gasteiger partial charge in [-0.25, -0.2) is 13.1 Å². The molecule has 3 aromatic carbocycles. The van der Waals surface area contributed by atoms with Crippen molar-refractivity contribution in [2.45, 2.75) is 31.3 Å². The zero-order valence-electron chi connectivity index (χ0n) is 18.5. The Morgan fingerprint density at radius 3 is 2.18 bits per heavy atom. The smallest absolute Gasteiger partial charge is 0.269 e. The van der Waals surface area contributed by atoms with Crippen molar-refractivity contribution >= 4 is 27.4 Å². The van der Waals surface area contributed by atoms with Crippen LogP contribution in [-0.2, 0) is 16.6 Å². The van der Waals surface area contributed by atoms with Crippen LogP contribution in [0.2, 0.25) is 0 Å². The fourth-order valence-corrected chi connectivity index (χ4v) is 4.19. The number of nitro benzene ring substituents is 1. The molecule has 1 atom stereocenters. The molecular formula is C24H23N3O6S. The first kappa shape index (κ1) is 24.7. The molecular weight excluding hydrogens is 458 g/mol. The van der Waals surface area contributed by atoms with E-state index in [0.29, 0.717) is 22.3 Å². The van der Waals surface area contributed by atoms with E-state index in [4.69, 9.17) is 0 Å². The molecule has 0 fully saturated rings. The van der Waals surface area contributed by atoms with Gasteiger partial charge in [0.1, 0.15) is 0 Å². The summed E-state index contributed by atoms with van der Waals surface area (Å²) >= 11 is 0. The number of hydrogen-bond donors (Lipinski definition) is 2. The number of hydrogen-bond acceptors (Lipinski definition) is 6. The summed E-state index contributed by atoms with van der Waals surface area (Å²) in [5, 5.41) is 13.7. The van der Waals surface area contributed by atoms with Crippen LogP contribution in [-0.4, -0.2) is 25.0 Å². The van der Waals surface area contributed by atoms with E-state index < -0.39 is 21.0 Å². The molecule has 1 unspecified atom stereocenters. The average molecular weight is 482 g/mol. The molecule has 0 bridgehead atoms.